The van der Waals surface area contributed by atoms with Gasteiger partial charge >= 0.3 is 6.18 Å². The smallest absolute Gasteiger partial charge is 0.379 e. The maximum absolute atomic E-state index is 13.0. The molecule has 0 radical (unpaired) electrons. The number of carbonyl (C=O) groups is 1. The fourth-order valence-electron chi connectivity index (χ4n) is 2.68. The largest absolute Gasteiger partial charge is 0.419 e. The highest BCUT2D eigenvalue weighted by atomic mass is 32.2. The minimum atomic E-state index is -4.90. The van der Waals surface area contributed by atoms with Gasteiger partial charge in [-0.15, -0.1) is 0 Å². The van der Waals surface area contributed by atoms with E-state index in [1.807, 2.05) is 19.2 Å². The number of amides is 1. The van der Waals surface area contributed by atoms with Crippen molar-refractivity contribution in [1.29, 1.82) is 5.26 Å². The summed E-state index contributed by atoms with van der Waals surface area (Å²) in [6.45, 7) is 4.80. The van der Waals surface area contributed by atoms with Gasteiger partial charge in [0.15, 0.2) is 21.1 Å². The topological polar surface area (TPSA) is 120 Å². The third-order valence-electron chi connectivity index (χ3n) is 4.42. The molecule has 2 rings (SSSR count). The number of nitrogens with zero attached hydrogens (tertiary/aromatic N) is 2. The molecule has 0 aliphatic carbocycles. The number of pyridine rings is 1. The van der Waals surface area contributed by atoms with E-state index in [0.29, 0.717) is 6.07 Å². The Morgan fingerprint density at radius 1 is 1.26 bits per heavy atom. The number of hydrogen-bond acceptors (Lipinski definition) is 6. The van der Waals surface area contributed by atoms with Crippen molar-refractivity contribution in [3.63, 3.8) is 0 Å². The quantitative estimate of drug-likeness (QED) is 0.690. The zero-order valence-corrected chi connectivity index (χ0v) is 17.7. The minimum absolute atomic E-state index is 0.107. The predicted molar refractivity (Wildman–Crippen MR) is 106 cm³/mol. The normalized spacial score (nSPS) is 14.0. The molecule has 2 aromatic rings. The maximum atomic E-state index is 13.0. The lowest BCUT2D eigenvalue weighted by Crippen LogP contribution is -2.45. The number of aliphatic hydroxyl groups is 1. The predicted octanol–water partition coefficient (Wildman–Crippen LogP) is 3.26. The van der Waals surface area contributed by atoms with E-state index in [1.54, 1.807) is 12.1 Å². The SMILES string of the molecule is CC(C)c1ccc(S(=O)(=O)CC(C)(O)C(=O)Nc2cnc(C#N)c(C(F)(F)F)c2)cc1. The van der Waals surface area contributed by atoms with Crippen molar-refractivity contribution in [2.75, 3.05) is 11.1 Å². The molecule has 0 aliphatic heterocycles. The summed E-state index contributed by atoms with van der Waals surface area (Å²) in [4.78, 5) is 15.6. The second kappa shape index (κ2) is 8.64. The molecular formula is C20H20F3N3O4S. The molecule has 0 bridgehead atoms. The van der Waals surface area contributed by atoms with Gasteiger partial charge in [-0.2, -0.15) is 18.4 Å². The molecule has 1 unspecified atom stereocenters. The van der Waals surface area contributed by atoms with E-state index in [-0.39, 0.29) is 10.8 Å². The first kappa shape index (κ1) is 24.3. The second-order valence-electron chi connectivity index (χ2n) is 7.44. The Morgan fingerprint density at radius 2 is 1.84 bits per heavy atom. The summed E-state index contributed by atoms with van der Waals surface area (Å²) in [6.07, 6.45) is -4.09. The third kappa shape index (κ3) is 5.80. The van der Waals surface area contributed by atoms with Crippen LogP contribution in [0.2, 0.25) is 0 Å². The van der Waals surface area contributed by atoms with Crippen molar-refractivity contribution in [3.8, 4) is 6.07 Å². The number of alkyl halides is 3. The molecule has 1 aromatic carbocycles. The van der Waals surface area contributed by atoms with Crippen molar-refractivity contribution < 1.29 is 31.5 Å². The fraction of sp³-hybridized carbons (Fsp3) is 0.350. The van der Waals surface area contributed by atoms with Gasteiger partial charge in [-0.05, 0) is 36.6 Å². The number of halogens is 3. The van der Waals surface area contributed by atoms with Crippen LogP contribution >= 0.6 is 0 Å². The summed E-state index contributed by atoms with van der Waals surface area (Å²) in [7, 11) is -4.09. The standard InChI is InChI=1S/C20H20F3N3O4S/c1-12(2)13-4-6-15(7-5-13)31(29,30)11-19(3,28)18(27)26-14-8-16(20(21,22)23)17(9-24)25-10-14/h4-8,10,12,28H,11H2,1-3H3,(H,26,27). The van der Waals surface area contributed by atoms with Crippen LogP contribution in [0.3, 0.4) is 0 Å². The van der Waals surface area contributed by atoms with Gasteiger partial charge in [0.25, 0.3) is 5.91 Å². The molecule has 11 heteroatoms. The van der Waals surface area contributed by atoms with Crippen LogP contribution in [-0.4, -0.2) is 35.8 Å². The van der Waals surface area contributed by atoms with Gasteiger partial charge in [0, 0.05) is 0 Å². The monoisotopic (exact) mass is 455 g/mol. The van der Waals surface area contributed by atoms with E-state index in [9.17, 15) is 31.5 Å². The molecule has 1 atom stereocenters. The van der Waals surface area contributed by atoms with Gasteiger partial charge in [-0.25, -0.2) is 13.4 Å². The number of carbonyl (C=O) groups excluding carboxylic acids is 1. The number of nitrogens with one attached hydrogen (secondary N) is 1. The van der Waals surface area contributed by atoms with Crippen LogP contribution in [0.5, 0.6) is 0 Å². The van der Waals surface area contributed by atoms with Gasteiger partial charge in [0.2, 0.25) is 0 Å². The molecule has 1 amide bonds. The molecule has 0 saturated heterocycles. The molecule has 0 fully saturated rings. The molecule has 0 aliphatic rings. The molecule has 31 heavy (non-hydrogen) atoms. The van der Waals surface area contributed by atoms with E-state index >= 15 is 0 Å². The van der Waals surface area contributed by atoms with Gasteiger partial charge in [0.05, 0.1) is 28.1 Å². The van der Waals surface area contributed by atoms with Crippen molar-refractivity contribution in [2.24, 2.45) is 0 Å². The van der Waals surface area contributed by atoms with Crippen molar-refractivity contribution in [3.05, 3.63) is 53.3 Å². The Hall–Kier alpha value is -2.97. The van der Waals surface area contributed by atoms with Gasteiger partial charge in [0.1, 0.15) is 6.07 Å². The second-order valence-corrected chi connectivity index (χ2v) is 9.43. The third-order valence-corrected chi connectivity index (χ3v) is 6.36. The number of benzene rings is 1. The molecule has 0 saturated carbocycles. The zero-order valence-electron chi connectivity index (χ0n) is 16.9. The van der Waals surface area contributed by atoms with Gasteiger partial charge in [-0.1, -0.05) is 26.0 Å². The first-order chi connectivity index (χ1) is 14.2. The fourth-order valence-corrected chi connectivity index (χ4v) is 4.27. The Kier molecular flexibility index (Phi) is 6.78. The summed E-state index contributed by atoms with van der Waals surface area (Å²) >= 11 is 0. The Balaban J connectivity index is 2.24. The van der Waals surface area contributed by atoms with Crippen molar-refractivity contribution in [2.45, 2.75) is 43.4 Å². The number of hydrogen-bond donors (Lipinski definition) is 2. The summed E-state index contributed by atoms with van der Waals surface area (Å²) in [6, 6.07) is 7.74. The van der Waals surface area contributed by atoms with Crippen LogP contribution in [-0.2, 0) is 20.8 Å². The number of anilines is 1. The van der Waals surface area contributed by atoms with E-state index in [4.69, 9.17) is 5.26 Å². The Morgan fingerprint density at radius 3 is 2.32 bits per heavy atom. The molecule has 2 N–H and O–H groups in total. The van der Waals surface area contributed by atoms with Gasteiger partial charge < -0.3 is 10.4 Å². The van der Waals surface area contributed by atoms with Crippen LogP contribution in [0.1, 0.15) is 43.5 Å². The highest BCUT2D eigenvalue weighted by Gasteiger charge is 2.38. The van der Waals surface area contributed by atoms with Crippen LogP contribution in [0, 0.1) is 11.3 Å². The molecule has 166 valence electrons. The van der Waals surface area contributed by atoms with E-state index in [0.717, 1.165) is 18.7 Å². The molecule has 0 spiro atoms. The van der Waals surface area contributed by atoms with Crippen molar-refractivity contribution >= 4 is 21.4 Å². The lowest BCUT2D eigenvalue weighted by molar-refractivity contribution is -0.138. The molecule has 1 heterocycles. The summed E-state index contributed by atoms with van der Waals surface area (Å²) in [5.41, 5.74) is -4.26. The lowest BCUT2D eigenvalue weighted by Gasteiger charge is -2.22. The van der Waals surface area contributed by atoms with E-state index in [2.05, 4.69) is 4.98 Å². The van der Waals surface area contributed by atoms with E-state index in [1.165, 1.54) is 18.2 Å². The Labute approximate surface area is 177 Å². The maximum Gasteiger partial charge on any atom is 0.419 e. The zero-order chi connectivity index (χ0) is 23.6. The van der Waals surface area contributed by atoms with E-state index < -0.39 is 50.2 Å². The lowest BCUT2D eigenvalue weighted by atomic mass is 10.0. The summed E-state index contributed by atoms with van der Waals surface area (Å²) < 4.78 is 64.4. The summed E-state index contributed by atoms with van der Waals surface area (Å²) in [5.74, 6) is -2.06. The number of aromatic nitrogens is 1. The number of sulfone groups is 1. The van der Waals surface area contributed by atoms with Crippen LogP contribution in [0.4, 0.5) is 18.9 Å². The first-order valence-corrected chi connectivity index (χ1v) is 10.7. The summed E-state index contributed by atoms with van der Waals surface area (Å²) in [5, 5.41) is 21.2. The van der Waals surface area contributed by atoms with Crippen LogP contribution in [0.25, 0.3) is 0 Å². The van der Waals surface area contributed by atoms with Crippen molar-refractivity contribution in [1.82, 2.24) is 4.98 Å². The first-order valence-electron chi connectivity index (χ1n) is 9.01. The number of rotatable bonds is 6. The van der Waals surface area contributed by atoms with Crippen LogP contribution in [0.15, 0.2) is 41.4 Å². The van der Waals surface area contributed by atoms with Gasteiger partial charge in [-0.3, -0.25) is 4.79 Å². The molecular weight excluding hydrogens is 435 g/mol. The average Bonchev–Trinajstić information content (AvgIpc) is 2.66. The molecule has 7 nitrogen and oxygen atoms in total. The Bertz CT molecular complexity index is 1120. The minimum Gasteiger partial charge on any atom is -0.379 e. The number of nitriles is 1. The van der Waals surface area contributed by atoms with Crippen LogP contribution < -0.4 is 5.32 Å². The average molecular weight is 455 g/mol. The highest BCUT2D eigenvalue weighted by Crippen LogP contribution is 2.32. The highest BCUT2D eigenvalue weighted by molar-refractivity contribution is 7.91. The molecule has 1 aromatic heterocycles.